The highest BCUT2D eigenvalue weighted by atomic mass is 35.5. The molecule has 0 bridgehead atoms. The minimum absolute atomic E-state index is 0.0170. The van der Waals surface area contributed by atoms with Gasteiger partial charge in [0.1, 0.15) is 18.5 Å². The Morgan fingerprint density at radius 3 is 2.74 bits per heavy atom. The second-order valence-electron chi connectivity index (χ2n) is 8.14. The number of carbonyl (C=O) groups is 2. The molecule has 31 heavy (non-hydrogen) atoms. The van der Waals surface area contributed by atoms with Crippen molar-refractivity contribution in [3.8, 4) is 5.75 Å². The van der Waals surface area contributed by atoms with Gasteiger partial charge in [0.2, 0.25) is 0 Å². The second kappa shape index (κ2) is 12.5. The lowest BCUT2D eigenvalue weighted by Gasteiger charge is -2.15. The molecule has 4 atom stereocenters. The number of hydrogen-bond donors (Lipinski definition) is 2. The first-order valence-electron chi connectivity index (χ1n) is 10.6. The van der Waals surface area contributed by atoms with Crippen LogP contribution in [0.1, 0.15) is 33.1 Å². The van der Waals surface area contributed by atoms with Crippen LogP contribution in [0.25, 0.3) is 0 Å². The highest BCUT2D eigenvalue weighted by molar-refractivity contribution is 6.30. The molecule has 0 fully saturated rings. The molecule has 168 valence electrons. The summed E-state index contributed by atoms with van der Waals surface area (Å²) < 4.78 is 5.52. The largest absolute Gasteiger partial charge is 0.491 e. The number of aliphatic hydroxyl groups excluding tert-OH is 1. The van der Waals surface area contributed by atoms with Crippen molar-refractivity contribution in [2.45, 2.75) is 39.2 Å². The number of hydrogen-bond acceptors (Lipinski definition) is 4. The van der Waals surface area contributed by atoms with Gasteiger partial charge in [-0.05, 0) is 55.4 Å². The Morgan fingerprint density at radius 2 is 2.06 bits per heavy atom. The first-order valence-corrected chi connectivity index (χ1v) is 11.0. The molecule has 0 amide bonds. The quantitative estimate of drug-likeness (QED) is 0.437. The van der Waals surface area contributed by atoms with E-state index in [0.717, 1.165) is 0 Å². The Labute approximate surface area is 189 Å². The molecular weight excluding hydrogens is 416 g/mol. The molecular formula is C25H31ClO5. The number of carboxylic acid groups (broad SMARTS) is 1. The second-order valence-corrected chi connectivity index (χ2v) is 8.58. The highest BCUT2D eigenvalue weighted by Gasteiger charge is 2.27. The summed E-state index contributed by atoms with van der Waals surface area (Å²) in [4.78, 5) is 23.4. The van der Waals surface area contributed by atoms with Gasteiger partial charge in [-0.2, -0.15) is 0 Å². The molecule has 0 radical (unpaired) electrons. The van der Waals surface area contributed by atoms with Gasteiger partial charge in [0, 0.05) is 10.9 Å². The lowest BCUT2D eigenvalue weighted by atomic mass is 9.90. The van der Waals surface area contributed by atoms with E-state index in [1.807, 2.05) is 32.1 Å². The summed E-state index contributed by atoms with van der Waals surface area (Å²) in [7, 11) is 0. The lowest BCUT2D eigenvalue weighted by molar-refractivity contribution is -0.143. The molecule has 0 saturated carbocycles. The summed E-state index contributed by atoms with van der Waals surface area (Å²) in [6, 6.07) is 6.94. The maximum absolute atomic E-state index is 12.2. The third-order valence-electron chi connectivity index (χ3n) is 5.40. The smallest absolute Gasteiger partial charge is 0.306 e. The van der Waals surface area contributed by atoms with Crippen LogP contribution in [0.3, 0.4) is 0 Å². The molecule has 1 aliphatic rings. The van der Waals surface area contributed by atoms with Gasteiger partial charge in [0.05, 0.1) is 5.92 Å². The molecule has 0 spiro atoms. The maximum atomic E-state index is 12.2. The van der Waals surface area contributed by atoms with Crippen LogP contribution in [0.15, 0.2) is 60.7 Å². The molecule has 1 aromatic carbocycles. The summed E-state index contributed by atoms with van der Waals surface area (Å²) in [5.41, 5.74) is 0. The lowest BCUT2D eigenvalue weighted by Crippen LogP contribution is -2.19. The van der Waals surface area contributed by atoms with Crippen LogP contribution in [0.2, 0.25) is 5.02 Å². The minimum atomic E-state index is -0.840. The Morgan fingerprint density at radius 1 is 1.29 bits per heavy atom. The normalized spacial score (nSPS) is 20.7. The monoisotopic (exact) mass is 446 g/mol. The zero-order valence-electron chi connectivity index (χ0n) is 18.0. The first-order chi connectivity index (χ1) is 14.8. The average molecular weight is 447 g/mol. The van der Waals surface area contributed by atoms with Crippen molar-refractivity contribution in [1.29, 1.82) is 0 Å². The Kier molecular flexibility index (Phi) is 10.0. The van der Waals surface area contributed by atoms with Crippen molar-refractivity contribution < 1.29 is 24.5 Å². The van der Waals surface area contributed by atoms with E-state index in [0.29, 0.717) is 30.0 Å². The number of aliphatic hydroxyl groups is 1. The van der Waals surface area contributed by atoms with Crippen molar-refractivity contribution in [1.82, 2.24) is 0 Å². The van der Waals surface area contributed by atoms with Gasteiger partial charge in [0.25, 0.3) is 0 Å². The van der Waals surface area contributed by atoms with Gasteiger partial charge < -0.3 is 14.9 Å². The summed E-state index contributed by atoms with van der Waals surface area (Å²) in [5.74, 6) is -0.688. The number of benzene rings is 1. The van der Waals surface area contributed by atoms with E-state index < -0.39 is 12.1 Å². The fourth-order valence-corrected chi connectivity index (χ4v) is 3.73. The summed E-state index contributed by atoms with van der Waals surface area (Å²) in [5, 5.41) is 20.0. The fraction of sp³-hybridized carbons (Fsp3) is 0.440. The van der Waals surface area contributed by atoms with E-state index in [1.165, 1.54) is 0 Å². The topological polar surface area (TPSA) is 83.8 Å². The summed E-state index contributed by atoms with van der Waals surface area (Å²) >= 11 is 5.91. The third kappa shape index (κ3) is 8.35. The number of allylic oxidation sites excluding steroid dienone is 5. The predicted molar refractivity (Wildman–Crippen MR) is 122 cm³/mol. The zero-order valence-corrected chi connectivity index (χ0v) is 18.7. The molecule has 1 aromatic rings. The van der Waals surface area contributed by atoms with Crippen LogP contribution in [0, 0.1) is 23.7 Å². The number of rotatable bonds is 12. The molecule has 1 aliphatic carbocycles. The zero-order chi connectivity index (χ0) is 22.8. The SMILES string of the molecule is CC(C)C(CCC=CC[C@H]1C=CC(=O)[C@H]1C=C[C@@H](O)COc1cccc(Cl)c1)C(=O)O. The van der Waals surface area contributed by atoms with Gasteiger partial charge >= 0.3 is 5.97 Å². The van der Waals surface area contributed by atoms with Crippen LogP contribution >= 0.6 is 11.6 Å². The van der Waals surface area contributed by atoms with Crippen LogP contribution in [-0.2, 0) is 9.59 Å². The van der Waals surface area contributed by atoms with Crippen molar-refractivity contribution in [2.75, 3.05) is 6.61 Å². The van der Waals surface area contributed by atoms with Gasteiger partial charge in [0.15, 0.2) is 5.78 Å². The molecule has 1 unspecified atom stereocenters. The Balaban J connectivity index is 1.80. The van der Waals surface area contributed by atoms with Crippen LogP contribution in [0.4, 0.5) is 0 Å². The minimum Gasteiger partial charge on any atom is -0.491 e. The fourth-order valence-electron chi connectivity index (χ4n) is 3.55. The standard InChI is InChI=1S/C25H31ClO5/c1-17(2)22(25(29)30)10-5-3-4-7-18-11-14-24(28)23(18)13-12-20(27)16-31-21-9-6-8-19(26)15-21/h3-4,6,8-9,11-15,17-18,20,22-23,27H,5,7,10,16H2,1-2H3,(H,29,30)/t18-,20+,22?,23-/m0/s1. The predicted octanol–water partition coefficient (Wildman–Crippen LogP) is 5.09. The number of carbonyl (C=O) groups excluding carboxylic acids is 1. The molecule has 0 aromatic heterocycles. The molecule has 0 saturated heterocycles. The van der Waals surface area contributed by atoms with Gasteiger partial charge in [-0.1, -0.05) is 61.9 Å². The van der Waals surface area contributed by atoms with Crippen molar-refractivity contribution in [2.24, 2.45) is 23.7 Å². The molecule has 0 aliphatic heterocycles. The third-order valence-corrected chi connectivity index (χ3v) is 5.63. The first kappa shape index (κ1) is 24.9. The van der Waals surface area contributed by atoms with Crippen molar-refractivity contribution in [3.05, 3.63) is 65.7 Å². The molecule has 2 N–H and O–H groups in total. The Hall–Kier alpha value is -2.37. The van der Waals surface area contributed by atoms with Gasteiger partial charge in [-0.15, -0.1) is 0 Å². The maximum Gasteiger partial charge on any atom is 0.306 e. The highest BCUT2D eigenvalue weighted by Crippen LogP contribution is 2.28. The number of aliphatic carboxylic acids is 1. The van der Waals surface area contributed by atoms with Crippen LogP contribution in [0.5, 0.6) is 5.75 Å². The van der Waals surface area contributed by atoms with Crippen molar-refractivity contribution in [3.63, 3.8) is 0 Å². The van der Waals surface area contributed by atoms with Gasteiger partial charge in [-0.3, -0.25) is 9.59 Å². The number of carboxylic acids is 1. The van der Waals surface area contributed by atoms with E-state index in [4.69, 9.17) is 16.3 Å². The Bertz CT molecular complexity index is 827. The number of ether oxygens (including phenoxy) is 1. The van der Waals surface area contributed by atoms with Crippen LogP contribution < -0.4 is 4.74 Å². The van der Waals surface area contributed by atoms with E-state index in [2.05, 4.69) is 0 Å². The number of halogens is 1. The molecule has 2 rings (SSSR count). The van der Waals surface area contributed by atoms with Gasteiger partial charge in [-0.25, -0.2) is 0 Å². The van der Waals surface area contributed by atoms with E-state index in [9.17, 15) is 19.8 Å². The molecule has 5 nitrogen and oxygen atoms in total. The number of ketones is 1. The average Bonchev–Trinajstić information content (AvgIpc) is 3.06. The van der Waals surface area contributed by atoms with Crippen LogP contribution in [-0.4, -0.2) is 34.7 Å². The van der Waals surface area contributed by atoms with E-state index >= 15 is 0 Å². The summed E-state index contributed by atoms with van der Waals surface area (Å²) in [6.45, 7) is 3.90. The summed E-state index contributed by atoms with van der Waals surface area (Å²) in [6.07, 6.45) is 12.0. The molecule has 0 heterocycles. The van der Waals surface area contributed by atoms with E-state index in [-0.39, 0.29) is 36.1 Å². The molecule has 6 heteroatoms. The van der Waals surface area contributed by atoms with Crippen molar-refractivity contribution >= 4 is 23.4 Å². The van der Waals surface area contributed by atoms with E-state index in [1.54, 1.807) is 42.5 Å².